The number of ether oxygens (including phenoxy) is 1. The first-order valence-electron chi connectivity index (χ1n) is 9.33. The number of nitrogens with one attached hydrogen (secondary N) is 1. The van der Waals surface area contributed by atoms with Crippen molar-refractivity contribution in [3.63, 3.8) is 0 Å². The van der Waals surface area contributed by atoms with Crippen molar-refractivity contribution in [1.29, 1.82) is 0 Å². The highest BCUT2D eigenvalue weighted by atomic mass is 35.5. The van der Waals surface area contributed by atoms with E-state index in [1.165, 1.54) is 22.3 Å². The van der Waals surface area contributed by atoms with Crippen molar-refractivity contribution in [2.45, 2.75) is 13.0 Å². The summed E-state index contributed by atoms with van der Waals surface area (Å²) < 4.78 is 7.61. The normalized spacial score (nSPS) is 15.9. The number of thiophene rings is 1. The summed E-state index contributed by atoms with van der Waals surface area (Å²) in [5.74, 6) is -0.135. The van der Waals surface area contributed by atoms with Crippen molar-refractivity contribution in [2.75, 3.05) is 32.8 Å². The molecule has 1 aliphatic rings. The van der Waals surface area contributed by atoms with Crippen molar-refractivity contribution in [3.8, 4) is 16.1 Å². The van der Waals surface area contributed by atoms with Gasteiger partial charge in [0.25, 0.3) is 5.91 Å². The van der Waals surface area contributed by atoms with Crippen LogP contribution >= 0.6 is 22.9 Å². The van der Waals surface area contributed by atoms with E-state index >= 15 is 0 Å². The predicted octanol–water partition coefficient (Wildman–Crippen LogP) is 2.49. The van der Waals surface area contributed by atoms with Gasteiger partial charge in [-0.05, 0) is 53.2 Å². The molecule has 4 rings (SSSR count). The smallest absolute Gasteiger partial charge is 0.251 e. The number of rotatable bonds is 6. The largest absolute Gasteiger partial charge is 0.379 e. The summed E-state index contributed by atoms with van der Waals surface area (Å²) >= 11 is 7.56. The molecule has 152 valence electrons. The van der Waals surface area contributed by atoms with E-state index in [0.29, 0.717) is 15.6 Å². The van der Waals surface area contributed by atoms with Gasteiger partial charge in [-0.1, -0.05) is 11.6 Å². The maximum absolute atomic E-state index is 13.0. The van der Waals surface area contributed by atoms with Gasteiger partial charge in [0.2, 0.25) is 0 Å². The van der Waals surface area contributed by atoms with E-state index in [0.717, 1.165) is 43.3 Å². The molecule has 1 saturated heterocycles. The molecule has 1 fully saturated rings. The molecule has 1 aliphatic heterocycles. The molecule has 0 radical (unpaired) electrons. The maximum atomic E-state index is 13.0. The SMILES string of the molecule is CC(CN1CCOCC1)NC(=O)c1cc(-c2ccc(Cl)s2)cc(-n2cnnn2)c1. The third kappa shape index (κ3) is 4.99. The van der Waals surface area contributed by atoms with E-state index < -0.39 is 0 Å². The molecule has 8 nitrogen and oxygen atoms in total. The van der Waals surface area contributed by atoms with Crippen LogP contribution < -0.4 is 5.32 Å². The third-order valence-electron chi connectivity index (χ3n) is 4.66. The molecule has 2 aromatic heterocycles. The number of halogens is 1. The van der Waals surface area contributed by atoms with Crippen LogP contribution in [0.3, 0.4) is 0 Å². The minimum absolute atomic E-state index is 0.0110. The van der Waals surface area contributed by atoms with Gasteiger partial charge < -0.3 is 10.1 Å². The van der Waals surface area contributed by atoms with Crippen LogP contribution in [0.15, 0.2) is 36.7 Å². The van der Waals surface area contributed by atoms with Crippen LogP contribution in [0.5, 0.6) is 0 Å². The van der Waals surface area contributed by atoms with Gasteiger partial charge >= 0.3 is 0 Å². The molecule has 0 saturated carbocycles. The molecule has 1 N–H and O–H groups in total. The van der Waals surface area contributed by atoms with E-state index in [4.69, 9.17) is 16.3 Å². The van der Waals surface area contributed by atoms with Gasteiger partial charge in [-0.15, -0.1) is 16.4 Å². The van der Waals surface area contributed by atoms with Gasteiger partial charge in [0.1, 0.15) is 6.33 Å². The molecule has 1 aromatic carbocycles. The number of benzene rings is 1. The second-order valence-electron chi connectivity index (χ2n) is 6.91. The van der Waals surface area contributed by atoms with Crippen LogP contribution in [0.2, 0.25) is 4.34 Å². The third-order valence-corrected chi connectivity index (χ3v) is 5.94. The Morgan fingerprint density at radius 1 is 1.31 bits per heavy atom. The Hall–Kier alpha value is -2.33. The predicted molar refractivity (Wildman–Crippen MR) is 112 cm³/mol. The van der Waals surface area contributed by atoms with Crippen molar-refractivity contribution in [2.24, 2.45) is 0 Å². The van der Waals surface area contributed by atoms with Crippen LogP contribution in [0, 0.1) is 0 Å². The first kappa shape index (κ1) is 20.0. The lowest BCUT2D eigenvalue weighted by Gasteiger charge is -2.29. The summed E-state index contributed by atoms with van der Waals surface area (Å²) in [5.41, 5.74) is 2.15. The van der Waals surface area contributed by atoms with Gasteiger partial charge in [-0.2, -0.15) is 0 Å². The number of carbonyl (C=O) groups excluding carboxylic acids is 1. The number of hydrogen-bond acceptors (Lipinski definition) is 7. The minimum atomic E-state index is -0.135. The summed E-state index contributed by atoms with van der Waals surface area (Å²) in [4.78, 5) is 16.2. The fraction of sp³-hybridized carbons (Fsp3) is 0.368. The molecular formula is C19H21ClN6O2S. The first-order valence-corrected chi connectivity index (χ1v) is 10.5. The molecule has 0 bridgehead atoms. The molecule has 3 aromatic rings. The first-order chi connectivity index (χ1) is 14.1. The highest BCUT2D eigenvalue weighted by Gasteiger charge is 2.18. The van der Waals surface area contributed by atoms with Gasteiger partial charge in [0.05, 0.1) is 23.2 Å². The standard InChI is InChI=1S/C19H21ClN6O2S/c1-13(11-25-4-6-28-7-5-25)22-19(27)15-8-14(17-2-3-18(20)29-17)9-16(10-15)26-12-21-23-24-26/h2-3,8-10,12-13H,4-7,11H2,1H3,(H,22,27). The highest BCUT2D eigenvalue weighted by Crippen LogP contribution is 2.32. The lowest BCUT2D eigenvalue weighted by Crippen LogP contribution is -2.46. The number of morpholine rings is 1. The molecule has 0 aliphatic carbocycles. The van der Waals surface area contributed by atoms with E-state index in [-0.39, 0.29) is 11.9 Å². The summed E-state index contributed by atoms with van der Waals surface area (Å²) in [7, 11) is 0. The average Bonchev–Trinajstić information content (AvgIpc) is 3.40. The Balaban J connectivity index is 1.56. The fourth-order valence-electron chi connectivity index (χ4n) is 3.29. The Labute approximate surface area is 177 Å². The molecule has 10 heteroatoms. The zero-order valence-electron chi connectivity index (χ0n) is 15.9. The van der Waals surface area contributed by atoms with Crippen LogP contribution in [0.25, 0.3) is 16.1 Å². The Morgan fingerprint density at radius 2 is 2.14 bits per heavy atom. The lowest BCUT2D eigenvalue weighted by molar-refractivity contribution is 0.0342. The molecule has 1 atom stereocenters. The van der Waals surface area contributed by atoms with Crippen LogP contribution in [-0.2, 0) is 4.74 Å². The van der Waals surface area contributed by atoms with E-state index in [2.05, 4.69) is 25.7 Å². The fourth-order valence-corrected chi connectivity index (χ4v) is 4.32. The van der Waals surface area contributed by atoms with Crippen molar-refractivity contribution in [3.05, 3.63) is 46.6 Å². The lowest BCUT2D eigenvalue weighted by atomic mass is 10.1. The van der Waals surface area contributed by atoms with Gasteiger partial charge in [0.15, 0.2) is 0 Å². The van der Waals surface area contributed by atoms with Crippen LogP contribution in [0.1, 0.15) is 17.3 Å². The van der Waals surface area contributed by atoms with E-state index in [9.17, 15) is 4.79 Å². The van der Waals surface area contributed by atoms with Gasteiger partial charge in [0, 0.05) is 36.1 Å². The minimum Gasteiger partial charge on any atom is -0.379 e. The Kier molecular flexibility index (Phi) is 6.19. The Morgan fingerprint density at radius 3 is 2.83 bits per heavy atom. The topological polar surface area (TPSA) is 85.2 Å². The second-order valence-corrected chi connectivity index (χ2v) is 8.63. The van der Waals surface area contributed by atoms with Gasteiger partial charge in [-0.3, -0.25) is 9.69 Å². The zero-order valence-corrected chi connectivity index (χ0v) is 17.5. The molecule has 1 amide bonds. The maximum Gasteiger partial charge on any atom is 0.251 e. The van der Waals surface area contributed by atoms with Crippen molar-refractivity contribution >= 4 is 28.8 Å². The summed E-state index contributed by atoms with van der Waals surface area (Å²) in [6.45, 7) is 6.05. The molecular weight excluding hydrogens is 412 g/mol. The quantitative estimate of drug-likeness (QED) is 0.644. The van der Waals surface area contributed by atoms with E-state index in [1.807, 2.05) is 31.2 Å². The molecule has 0 spiro atoms. The average molecular weight is 433 g/mol. The molecule has 3 heterocycles. The number of nitrogens with zero attached hydrogens (tertiary/aromatic N) is 5. The van der Waals surface area contributed by atoms with Gasteiger partial charge in [-0.25, -0.2) is 4.68 Å². The summed E-state index contributed by atoms with van der Waals surface area (Å²) in [6, 6.07) is 9.38. The summed E-state index contributed by atoms with van der Waals surface area (Å²) in [6.07, 6.45) is 1.50. The zero-order chi connectivity index (χ0) is 20.2. The number of carbonyl (C=O) groups is 1. The highest BCUT2D eigenvalue weighted by molar-refractivity contribution is 7.19. The number of amides is 1. The van der Waals surface area contributed by atoms with Crippen LogP contribution in [0.4, 0.5) is 0 Å². The number of tetrazole rings is 1. The number of hydrogen-bond donors (Lipinski definition) is 1. The van der Waals surface area contributed by atoms with E-state index in [1.54, 1.807) is 6.07 Å². The second kappa shape index (κ2) is 9.00. The summed E-state index contributed by atoms with van der Waals surface area (Å²) in [5, 5.41) is 14.4. The molecule has 29 heavy (non-hydrogen) atoms. The monoisotopic (exact) mass is 432 g/mol. The van der Waals surface area contributed by atoms with Crippen LogP contribution in [-0.4, -0.2) is 69.9 Å². The Bertz CT molecular complexity index is 971. The van der Waals surface area contributed by atoms with Crippen molar-refractivity contribution in [1.82, 2.24) is 30.4 Å². The van der Waals surface area contributed by atoms with Crippen molar-refractivity contribution < 1.29 is 9.53 Å². The number of aromatic nitrogens is 4. The molecule has 1 unspecified atom stereocenters.